The van der Waals surface area contributed by atoms with Crippen molar-refractivity contribution in [2.45, 2.75) is 26.7 Å². The molecule has 0 aliphatic heterocycles. The Morgan fingerprint density at radius 2 is 2.08 bits per heavy atom. The largest absolute Gasteiger partial charge is 0.385 e. The monoisotopic (exact) mass is 482 g/mol. The first-order valence-electron chi connectivity index (χ1n) is 8.14. The number of rotatable bonds is 9. The summed E-state index contributed by atoms with van der Waals surface area (Å²) in [6, 6.07) is 5.46. The lowest BCUT2D eigenvalue weighted by Crippen LogP contribution is -2.38. The molecule has 8 heteroatoms. The van der Waals surface area contributed by atoms with Crippen molar-refractivity contribution in [1.29, 1.82) is 0 Å². The van der Waals surface area contributed by atoms with E-state index in [-0.39, 0.29) is 29.9 Å². The highest BCUT2D eigenvalue weighted by molar-refractivity contribution is 14.0. The Hall–Kier alpha value is -1.06. The molecular formula is C17H28ClIN4O2. The van der Waals surface area contributed by atoms with E-state index in [4.69, 9.17) is 16.3 Å². The summed E-state index contributed by atoms with van der Waals surface area (Å²) >= 11 is 6.05. The molecule has 0 unspecified atom stereocenters. The molecule has 0 saturated carbocycles. The van der Waals surface area contributed by atoms with Crippen molar-refractivity contribution in [2.75, 3.05) is 38.7 Å². The lowest BCUT2D eigenvalue weighted by molar-refractivity contribution is -0.116. The van der Waals surface area contributed by atoms with Gasteiger partial charge in [-0.05, 0) is 38.0 Å². The molecule has 0 saturated heterocycles. The lowest BCUT2D eigenvalue weighted by Gasteiger charge is -2.12. The first-order chi connectivity index (χ1) is 11.6. The van der Waals surface area contributed by atoms with Crippen molar-refractivity contribution >= 4 is 53.1 Å². The van der Waals surface area contributed by atoms with E-state index in [1.807, 2.05) is 26.0 Å². The van der Waals surface area contributed by atoms with Gasteiger partial charge in [0.15, 0.2) is 5.96 Å². The number of anilines is 1. The number of nitrogens with zero attached hydrogens (tertiary/aromatic N) is 1. The fraction of sp³-hybridized carbons (Fsp3) is 0.529. The molecular weight excluding hydrogens is 455 g/mol. The third kappa shape index (κ3) is 9.86. The minimum absolute atomic E-state index is 0. The number of ether oxygens (including phenoxy) is 1. The van der Waals surface area contributed by atoms with E-state index in [1.165, 1.54) is 0 Å². The van der Waals surface area contributed by atoms with Gasteiger partial charge in [0.25, 0.3) is 0 Å². The number of nitrogens with one attached hydrogen (secondary N) is 3. The molecule has 0 bridgehead atoms. The SMILES string of the molecule is CCNC(=NCCCOC)NCCC(=O)Nc1cccc(Cl)c1C.I. The van der Waals surface area contributed by atoms with Gasteiger partial charge >= 0.3 is 0 Å². The van der Waals surface area contributed by atoms with E-state index >= 15 is 0 Å². The maximum atomic E-state index is 12.0. The minimum atomic E-state index is -0.0666. The van der Waals surface area contributed by atoms with Gasteiger partial charge in [0.2, 0.25) is 5.91 Å². The van der Waals surface area contributed by atoms with Gasteiger partial charge < -0.3 is 20.7 Å². The highest BCUT2D eigenvalue weighted by atomic mass is 127. The Morgan fingerprint density at radius 1 is 1.32 bits per heavy atom. The molecule has 25 heavy (non-hydrogen) atoms. The molecule has 1 aromatic rings. The van der Waals surface area contributed by atoms with Crippen LogP contribution in [0.4, 0.5) is 5.69 Å². The fourth-order valence-electron chi connectivity index (χ4n) is 1.99. The Labute approximate surface area is 172 Å². The molecule has 0 spiro atoms. The molecule has 3 N–H and O–H groups in total. The average molecular weight is 483 g/mol. The standard InChI is InChI=1S/C17H27ClN4O2.HI/c1-4-19-17(20-10-6-12-24-3)21-11-9-16(23)22-15-8-5-7-14(18)13(15)2;/h5,7-8H,4,6,9-12H2,1-3H3,(H,22,23)(H2,19,20,21);1H. The first kappa shape index (κ1) is 23.9. The summed E-state index contributed by atoms with van der Waals surface area (Å²) in [6.07, 6.45) is 1.20. The summed E-state index contributed by atoms with van der Waals surface area (Å²) in [5, 5.41) is 9.82. The van der Waals surface area contributed by atoms with Crippen LogP contribution in [0.5, 0.6) is 0 Å². The van der Waals surface area contributed by atoms with Gasteiger partial charge in [-0.1, -0.05) is 17.7 Å². The van der Waals surface area contributed by atoms with E-state index in [9.17, 15) is 4.79 Å². The number of guanidine groups is 1. The van der Waals surface area contributed by atoms with Gasteiger partial charge in [-0.25, -0.2) is 0 Å². The van der Waals surface area contributed by atoms with Crippen LogP contribution in [0.3, 0.4) is 0 Å². The summed E-state index contributed by atoms with van der Waals surface area (Å²) in [6.45, 7) is 6.51. The normalized spacial score (nSPS) is 10.8. The van der Waals surface area contributed by atoms with Crippen molar-refractivity contribution in [1.82, 2.24) is 10.6 Å². The second-order valence-electron chi connectivity index (χ2n) is 5.24. The van der Waals surface area contributed by atoms with E-state index < -0.39 is 0 Å². The molecule has 0 aromatic heterocycles. The van der Waals surface area contributed by atoms with Crippen molar-refractivity contribution in [3.8, 4) is 0 Å². The fourth-order valence-corrected chi connectivity index (χ4v) is 2.17. The quantitative estimate of drug-likeness (QED) is 0.219. The maximum absolute atomic E-state index is 12.0. The molecule has 0 heterocycles. The highest BCUT2D eigenvalue weighted by Gasteiger charge is 2.07. The third-order valence-corrected chi connectivity index (χ3v) is 3.72. The van der Waals surface area contributed by atoms with Gasteiger partial charge in [-0.3, -0.25) is 9.79 Å². The molecule has 1 amide bonds. The zero-order valence-corrected chi connectivity index (χ0v) is 18.1. The molecule has 1 rings (SSSR count). The summed E-state index contributed by atoms with van der Waals surface area (Å²) in [7, 11) is 1.67. The van der Waals surface area contributed by atoms with E-state index in [2.05, 4.69) is 20.9 Å². The first-order valence-corrected chi connectivity index (χ1v) is 8.52. The smallest absolute Gasteiger partial charge is 0.226 e. The summed E-state index contributed by atoms with van der Waals surface area (Å²) in [5.41, 5.74) is 1.61. The molecule has 0 radical (unpaired) electrons. The number of benzene rings is 1. The van der Waals surface area contributed by atoms with Crippen molar-refractivity contribution in [3.63, 3.8) is 0 Å². The van der Waals surface area contributed by atoms with Crippen LogP contribution in [0.15, 0.2) is 23.2 Å². The lowest BCUT2D eigenvalue weighted by atomic mass is 10.2. The zero-order chi connectivity index (χ0) is 17.8. The van der Waals surface area contributed by atoms with Crippen molar-refractivity contribution < 1.29 is 9.53 Å². The Morgan fingerprint density at radius 3 is 2.76 bits per heavy atom. The van der Waals surface area contributed by atoms with Crippen LogP contribution in [0.2, 0.25) is 5.02 Å². The Balaban J connectivity index is 0.00000576. The van der Waals surface area contributed by atoms with Gasteiger partial charge in [-0.2, -0.15) is 0 Å². The number of hydrogen-bond acceptors (Lipinski definition) is 3. The number of halogens is 2. The maximum Gasteiger partial charge on any atom is 0.226 e. The van der Waals surface area contributed by atoms with Crippen molar-refractivity contribution in [2.24, 2.45) is 4.99 Å². The van der Waals surface area contributed by atoms with Gasteiger partial charge in [0.05, 0.1) is 0 Å². The molecule has 0 fully saturated rings. The van der Waals surface area contributed by atoms with Gasteiger partial charge in [-0.15, -0.1) is 24.0 Å². The highest BCUT2D eigenvalue weighted by Crippen LogP contribution is 2.22. The van der Waals surface area contributed by atoms with Crippen LogP contribution in [-0.4, -0.2) is 45.2 Å². The molecule has 1 aromatic carbocycles. The second kappa shape index (κ2) is 14.1. The summed E-state index contributed by atoms with van der Waals surface area (Å²) < 4.78 is 5.00. The predicted octanol–water partition coefficient (Wildman–Crippen LogP) is 3.19. The summed E-state index contributed by atoms with van der Waals surface area (Å²) in [5.74, 6) is 0.642. The minimum Gasteiger partial charge on any atom is -0.385 e. The van der Waals surface area contributed by atoms with Crippen LogP contribution >= 0.6 is 35.6 Å². The number of hydrogen-bond donors (Lipinski definition) is 3. The summed E-state index contributed by atoms with van der Waals surface area (Å²) in [4.78, 5) is 16.5. The number of amides is 1. The molecule has 0 aliphatic carbocycles. The van der Waals surface area contributed by atoms with Crippen molar-refractivity contribution in [3.05, 3.63) is 28.8 Å². The number of methoxy groups -OCH3 is 1. The van der Waals surface area contributed by atoms with Crippen LogP contribution < -0.4 is 16.0 Å². The van der Waals surface area contributed by atoms with Crippen LogP contribution in [0.1, 0.15) is 25.3 Å². The second-order valence-corrected chi connectivity index (χ2v) is 5.65. The average Bonchev–Trinajstić information content (AvgIpc) is 2.56. The Bertz CT molecular complexity index is 555. The molecule has 6 nitrogen and oxygen atoms in total. The molecule has 0 aliphatic rings. The van der Waals surface area contributed by atoms with E-state index in [1.54, 1.807) is 13.2 Å². The molecule has 0 atom stereocenters. The number of aliphatic imine (C=N–C) groups is 1. The van der Waals surface area contributed by atoms with Gasteiger partial charge in [0.1, 0.15) is 0 Å². The van der Waals surface area contributed by atoms with E-state index in [0.29, 0.717) is 37.1 Å². The van der Waals surface area contributed by atoms with Crippen LogP contribution in [0, 0.1) is 6.92 Å². The van der Waals surface area contributed by atoms with E-state index in [0.717, 1.165) is 24.2 Å². The topological polar surface area (TPSA) is 74.8 Å². The van der Waals surface area contributed by atoms with Gasteiger partial charge in [0, 0.05) is 50.5 Å². The number of carbonyl (C=O) groups is 1. The molecule has 142 valence electrons. The van der Waals surface area contributed by atoms with Crippen LogP contribution in [0.25, 0.3) is 0 Å². The predicted molar refractivity (Wildman–Crippen MR) is 115 cm³/mol. The Kier molecular flexibility index (Phi) is 13.5. The zero-order valence-electron chi connectivity index (χ0n) is 15.0. The van der Waals surface area contributed by atoms with Crippen LogP contribution in [-0.2, 0) is 9.53 Å². The number of carbonyl (C=O) groups excluding carboxylic acids is 1. The third-order valence-electron chi connectivity index (χ3n) is 3.31.